The van der Waals surface area contributed by atoms with Gasteiger partial charge >= 0.3 is 0 Å². The van der Waals surface area contributed by atoms with Crippen molar-refractivity contribution in [3.8, 4) is 5.69 Å². The first-order chi connectivity index (χ1) is 17.9. The highest BCUT2D eigenvalue weighted by atomic mass is 35.5. The Morgan fingerprint density at radius 3 is 2.46 bits per heavy atom. The van der Waals surface area contributed by atoms with Crippen molar-refractivity contribution in [1.82, 2.24) is 24.6 Å². The Kier molecular flexibility index (Phi) is 7.63. The third-order valence-corrected chi connectivity index (χ3v) is 7.11. The number of carbonyl (C=O) groups excluding carboxylic acids is 1. The minimum absolute atomic E-state index is 0.0594. The van der Waals surface area contributed by atoms with E-state index in [9.17, 15) is 4.79 Å². The fraction of sp³-hybridized carbons (Fsp3) is 0.357. The standard InChI is InChI=1S/C28H30Cl2N6O/c1-3-4-11-24-31-26(25-19(2)33-36(27(25)32-24)23-9-6-5-7-10-23)34-12-8-13-35(15-14-34)28(37)20-16-21(29)18-22(30)17-20/h5-7,9-10,16-18H,3-4,8,11-15H2,1-2H3. The molecule has 5 rings (SSSR count). The summed E-state index contributed by atoms with van der Waals surface area (Å²) in [5, 5.41) is 6.74. The smallest absolute Gasteiger partial charge is 0.254 e. The van der Waals surface area contributed by atoms with Crippen LogP contribution in [0, 0.1) is 6.92 Å². The Morgan fingerprint density at radius 1 is 0.973 bits per heavy atom. The number of nitrogens with zero attached hydrogens (tertiary/aromatic N) is 6. The van der Waals surface area contributed by atoms with Crippen LogP contribution in [0.25, 0.3) is 16.7 Å². The molecular formula is C28H30Cl2N6O. The summed E-state index contributed by atoms with van der Waals surface area (Å²) >= 11 is 12.3. The van der Waals surface area contributed by atoms with Crippen molar-refractivity contribution >= 4 is 46.0 Å². The number of amides is 1. The molecular weight excluding hydrogens is 507 g/mol. The fourth-order valence-electron chi connectivity index (χ4n) is 4.82. The largest absolute Gasteiger partial charge is 0.354 e. The Hall–Kier alpha value is -3.16. The predicted octanol–water partition coefficient (Wildman–Crippen LogP) is 6.13. The predicted molar refractivity (Wildman–Crippen MR) is 149 cm³/mol. The quantitative estimate of drug-likeness (QED) is 0.296. The second kappa shape index (κ2) is 11.1. The van der Waals surface area contributed by atoms with Gasteiger partial charge < -0.3 is 9.80 Å². The summed E-state index contributed by atoms with van der Waals surface area (Å²) < 4.78 is 1.92. The van der Waals surface area contributed by atoms with E-state index in [0.29, 0.717) is 35.2 Å². The number of carbonyl (C=O) groups is 1. The highest BCUT2D eigenvalue weighted by Crippen LogP contribution is 2.30. The van der Waals surface area contributed by atoms with Crippen LogP contribution in [0.5, 0.6) is 0 Å². The molecule has 3 heterocycles. The summed E-state index contributed by atoms with van der Waals surface area (Å²) in [6, 6.07) is 15.1. The van der Waals surface area contributed by atoms with Crippen LogP contribution in [0.15, 0.2) is 48.5 Å². The van der Waals surface area contributed by atoms with Crippen LogP contribution in [-0.4, -0.2) is 56.7 Å². The molecule has 1 fully saturated rings. The highest BCUT2D eigenvalue weighted by molar-refractivity contribution is 6.35. The Balaban J connectivity index is 1.49. The van der Waals surface area contributed by atoms with Gasteiger partial charge in [-0.2, -0.15) is 5.10 Å². The lowest BCUT2D eigenvalue weighted by molar-refractivity contribution is 0.0767. The Labute approximate surface area is 227 Å². The molecule has 0 radical (unpaired) electrons. The monoisotopic (exact) mass is 536 g/mol. The third kappa shape index (κ3) is 5.43. The molecule has 0 saturated carbocycles. The number of halogens is 2. The Bertz CT molecular complexity index is 1400. The molecule has 2 aromatic carbocycles. The lowest BCUT2D eigenvalue weighted by atomic mass is 10.2. The number of para-hydroxylation sites is 1. The number of aromatic nitrogens is 4. The maximum absolute atomic E-state index is 13.3. The first kappa shape index (κ1) is 25.5. The van der Waals surface area contributed by atoms with Crippen LogP contribution in [-0.2, 0) is 6.42 Å². The van der Waals surface area contributed by atoms with Crippen molar-refractivity contribution in [2.75, 3.05) is 31.1 Å². The lowest BCUT2D eigenvalue weighted by Crippen LogP contribution is -2.35. The zero-order valence-electron chi connectivity index (χ0n) is 21.1. The molecule has 0 aliphatic carbocycles. The lowest BCUT2D eigenvalue weighted by Gasteiger charge is -2.24. The number of rotatable bonds is 6. The first-order valence-corrected chi connectivity index (χ1v) is 13.5. The summed E-state index contributed by atoms with van der Waals surface area (Å²) in [7, 11) is 0. The van der Waals surface area contributed by atoms with Crippen molar-refractivity contribution in [3.63, 3.8) is 0 Å². The topological polar surface area (TPSA) is 67.2 Å². The van der Waals surface area contributed by atoms with E-state index in [-0.39, 0.29) is 5.91 Å². The van der Waals surface area contributed by atoms with E-state index >= 15 is 0 Å². The summed E-state index contributed by atoms with van der Waals surface area (Å²) in [4.78, 5) is 27.4. The molecule has 0 bridgehead atoms. The molecule has 9 heteroatoms. The van der Waals surface area contributed by atoms with E-state index < -0.39 is 0 Å². The molecule has 0 atom stereocenters. The number of unbranched alkanes of at least 4 members (excludes halogenated alkanes) is 1. The normalized spacial score (nSPS) is 14.3. The first-order valence-electron chi connectivity index (χ1n) is 12.8. The summed E-state index contributed by atoms with van der Waals surface area (Å²) in [5.74, 6) is 1.67. The van der Waals surface area contributed by atoms with Gasteiger partial charge in [0.05, 0.1) is 16.8 Å². The summed E-state index contributed by atoms with van der Waals surface area (Å²) in [5.41, 5.74) is 3.20. The van der Waals surface area contributed by atoms with Gasteiger partial charge in [-0.3, -0.25) is 4.79 Å². The molecule has 0 spiro atoms. The van der Waals surface area contributed by atoms with E-state index in [4.69, 9.17) is 38.3 Å². The van der Waals surface area contributed by atoms with Gasteiger partial charge in [-0.15, -0.1) is 0 Å². The minimum atomic E-state index is -0.0594. The average Bonchev–Trinajstić information content (AvgIpc) is 3.06. The SMILES string of the molecule is CCCCc1nc(N2CCCN(C(=O)c3cc(Cl)cc(Cl)c3)CC2)c2c(C)nn(-c3ccccc3)c2n1. The van der Waals surface area contributed by atoms with Gasteiger partial charge in [-0.25, -0.2) is 14.6 Å². The zero-order valence-corrected chi connectivity index (χ0v) is 22.6. The van der Waals surface area contributed by atoms with Gasteiger partial charge in [0.2, 0.25) is 0 Å². The molecule has 1 aliphatic rings. The van der Waals surface area contributed by atoms with Crippen LogP contribution in [0.4, 0.5) is 5.82 Å². The molecule has 192 valence electrons. The van der Waals surface area contributed by atoms with E-state index in [1.807, 2.05) is 46.8 Å². The maximum atomic E-state index is 13.3. The second-order valence-electron chi connectivity index (χ2n) is 9.39. The van der Waals surface area contributed by atoms with Crippen LogP contribution in [0.2, 0.25) is 10.0 Å². The average molecular weight is 537 g/mol. The minimum Gasteiger partial charge on any atom is -0.354 e. The summed E-state index contributed by atoms with van der Waals surface area (Å²) in [6.45, 7) is 6.86. The van der Waals surface area contributed by atoms with Gasteiger partial charge in [-0.05, 0) is 50.1 Å². The number of fused-ring (bicyclic) bond motifs is 1. The molecule has 1 aliphatic heterocycles. The number of hydrogen-bond donors (Lipinski definition) is 0. The number of hydrogen-bond acceptors (Lipinski definition) is 5. The fourth-order valence-corrected chi connectivity index (χ4v) is 5.35. The molecule has 4 aromatic rings. The number of anilines is 1. The van der Waals surface area contributed by atoms with Crippen LogP contribution >= 0.6 is 23.2 Å². The van der Waals surface area contributed by atoms with E-state index in [1.54, 1.807) is 18.2 Å². The number of aryl methyl sites for hydroxylation is 2. The van der Waals surface area contributed by atoms with Gasteiger partial charge in [-0.1, -0.05) is 54.7 Å². The molecule has 7 nitrogen and oxygen atoms in total. The van der Waals surface area contributed by atoms with Crippen molar-refractivity contribution in [1.29, 1.82) is 0 Å². The van der Waals surface area contributed by atoms with E-state index in [2.05, 4.69) is 11.8 Å². The number of benzene rings is 2. The van der Waals surface area contributed by atoms with Gasteiger partial charge in [0.25, 0.3) is 5.91 Å². The van der Waals surface area contributed by atoms with Crippen molar-refractivity contribution in [3.05, 3.63) is 75.7 Å². The van der Waals surface area contributed by atoms with Gasteiger partial charge in [0.15, 0.2) is 5.65 Å². The van der Waals surface area contributed by atoms with Crippen molar-refractivity contribution < 1.29 is 4.79 Å². The Morgan fingerprint density at radius 2 is 1.73 bits per heavy atom. The highest BCUT2D eigenvalue weighted by Gasteiger charge is 2.25. The van der Waals surface area contributed by atoms with Gasteiger partial charge in [0, 0.05) is 48.2 Å². The molecule has 37 heavy (non-hydrogen) atoms. The second-order valence-corrected chi connectivity index (χ2v) is 10.3. The summed E-state index contributed by atoms with van der Waals surface area (Å²) in [6.07, 6.45) is 3.73. The van der Waals surface area contributed by atoms with Crippen molar-refractivity contribution in [2.24, 2.45) is 0 Å². The molecule has 0 N–H and O–H groups in total. The zero-order chi connectivity index (χ0) is 25.9. The molecule has 0 unspecified atom stereocenters. The van der Waals surface area contributed by atoms with E-state index in [1.165, 1.54) is 0 Å². The molecule has 1 saturated heterocycles. The van der Waals surface area contributed by atoms with Crippen molar-refractivity contribution in [2.45, 2.75) is 39.5 Å². The molecule has 1 amide bonds. The maximum Gasteiger partial charge on any atom is 0.254 e. The van der Waals surface area contributed by atoms with Crippen LogP contribution in [0.1, 0.15) is 48.1 Å². The molecule has 2 aromatic heterocycles. The van der Waals surface area contributed by atoms with Gasteiger partial charge in [0.1, 0.15) is 11.6 Å². The third-order valence-electron chi connectivity index (χ3n) is 6.68. The van der Waals surface area contributed by atoms with E-state index in [0.717, 1.165) is 66.3 Å². The van der Waals surface area contributed by atoms with Crippen LogP contribution < -0.4 is 4.90 Å². The van der Waals surface area contributed by atoms with Crippen LogP contribution in [0.3, 0.4) is 0 Å².